The highest BCUT2D eigenvalue weighted by Gasteiger charge is 2.22. The van der Waals surface area contributed by atoms with Crippen molar-refractivity contribution < 1.29 is 4.79 Å². The van der Waals surface area contributed by atoms with Crippen molar-refractivity contribution in [3.05, 3.63) is 94.5 Å². The molecule has 0 fully saturated rings. The van der Waals surface area contributed by atoms with E-state index in [9.17, 15) is 4.79 Å². The molecule has 0 aliphatic heterocycles. The molecule has 4 nitrogen and oxygen atoms in total. The van der Waals surface area contributed by atoms with Crippen LogP contribution in [-0.2, 0) is 12.8 Å². The molecule has 1 aliphatic carbocycles. The van der Waals surface area contributed by atoms with Crippen LogP contribution in [-0.4, -0.2) is 17.1 Å². The van der Waals surface area contributed by atoms with Crippen LogP contribution in [0.4, 0.5) is 5.13 Å². The second-order valence-corrected chi connectivity index (χ2v) is 8.94. The van der Waals surface area contributed by atoms with Gasteiger partial charge in [-0.3, -0.25) is 4.79 Å². The molecular weight excluding hydrogens is 402 g/mol. The summed E-state index contributed by atoms with van der Waals surface area (Å²) in [6.07, 6.45) is 6.24. The van der Waals surface area contributed by atoms with Crippen molar-refractivity contribution in [2.24, 2.45) is 5.10 Å². The standard InChI is InChI=1S/C26H23N3OS/c1-18-11-14-23-24(15-18)31-26(28-23)29(27-17-19-7-3-2-4-8-19)25(30)22-13-12-20-9-5-6-10-21(20)16-22/h2-4,7-8,11-17H,5-6,9-10H2,1H3/b27-17+. The van der Waals surface area contributed by atoms with Gasteiger partial charge in [-0.25, -0.2) is 4.98 Å². The van der Waals surface area contributed by atoms with E-state index in [1.807, 2.05) is 54.6 Å². The minimum atomic E-state index is -0.156. The molecule has 3 aromatic carbocycles. The maximum absolute atomic E-state index is 13.6. The molecule has 4 aromatic rings. The fourth-order valence-electron chi connectivity index (χ4n) is 3.95. The van der Waals surface area contributed by atoms with E-state index in [2.05, 4.69) is 24.2 Å². The molecule has 31 heavy (non-hydrogen) atoms. The largest absolute Gasteiger partial charge is 0.280 e. The molecule has 0 unspecified atom stereocenters. The predicted octanol–water partition coefficient (Wildman–Crippen LogP) is 6.16. The van der Waals surface area contributed by atoms with Crippen molar-refractivity contribution in [3.8, 4) is 0 Å². The van der Waals surface area contributed by atoms with E-state index >= 15 is 0 Å². The lowest BCUT2D eigenvalue weighted by atomic mass is 9.90. The quantitative estimate of drug-likeness (QED) is 0.290. The van der Waals surface area contributed by atoms with Gasteiger partial charge >= 0.3 is 0 Å². The van der Waals surface area contributed by atoms with Crippen molar-refractivity contribution >= 4 is 38.8 Å². The highest BCUT2D eigenvalue weighted by atomic mass is 32.1. The van der Waals surface area contributed by atoms with Crippen molar-refractivity contribution in [1.82, 2.24) is 4.98 Å². The van der Waals surface area contributed by atoms with Crippen LogP contribution in [0.5, 0.6) is 0 Å². The second-order valence-electron chi connectivity index (χ2n) is 7.93. The average molecular weight is 426 g/mol. The fourth-order valence-corrected chi connectivity index (χ4v) is 4.97. The number of amides is 1. The zero-order valence-electron chi connectivity index (χ0n) is 17.4. The third-order valence-electron chi connectivity index (χ3n) is 5.62. The summed E-state index contributed by atoms with van der Waals surface area (Å²) in [5, 5.41) is 6.60. The van der Waals surface area contributed by atoms with Gasteiger partial charge in [-0.15, -0.1) is 0 Å². The Morgan fingerprint density at radius 2 is 1.81 bits per heavy atom. The van der Waals surface area contributed by atoms with Gasteiger partial charge in [-0.05, 0) is 79.1 Å². The third-order valence-corrected chi connectivity index (χ3v) is 6.62. The normalized spacial score (nSPS) is 13.5. The molecule has 1 aliphatic rings. The smallest absolute Gasteiger partial charge is 0.267 e. The zero-order chi connectivity index (χ0) is 21.2. The van der Waals surface area contributed by atoms with Gasteiger partial charge in [0.1, 0.15) is 0 Å². The first kappa shape index (κ1) is 19.6. The number of hydrogen-bond donors (Lipinski definition) is 0. The van der Waals surface area contributed by atoms with Gasteiger partial charge in [0.2, 0.25) is 5.13 Å². The number of thiazole rings is 1. The molecule has 0 N–H and O–H groups in total. The van der Waals surface area contributed by atoms with Gasteiger partial charge in [0.15, 0.2) is 0 Å². The van der Waals surface area contributed by atoms with E-state index in [1.165, 1.54) is 45.9 Å². The molecule has 1 amide bonds. The second kappa shape index (κ2) is 8.44. The molecule has 1 aromatic heterocycles. The number of hydrazone groups is 1. The molecule has 1 heterocycles. The first-order valence-corrected chi connectivity index (χ1v) is 11.4. The highest BCUT2D eigenvalue weighted by molar-refractivity contribution is 7.22. The molecule has 154 valence electrons. The van der Waals surface area contributed by atoms with Crippen molar-refractivity contribution in [2.45, 2.75) is 32.6 Å². The van der Waals surface area contributed by atoms with Crippen molar-refractivity contribution in [1.29, 1.82) is 0 Å². The van der Waals surface area contributed by atoms with Crippen LogP contribution < -0.4 is 5.01 Å². The summed E-state index contributed by atoms with van der Waals surface area (Å²) in [5.74, 6) is -0.156. The Labute approximate surface area is 185 Å². The van der Waals surface area contributed by atoms with Crippen LogP contribution in [0.1, 0.15) is 45.5 Å². The van der Waals surface area contributed by atoms with Crippen LogP contribution in [0.15, 0.2) is 71.8 Å². The molecule has 5 heteroatoms. The Morgan fingerprint density at radius 3 is 2.65 bits per heavy atom. The third kappa shape index (κ3) is 4.14. The maximum atomic E-state index is 13.6. The summed E-state index contributed by atoms with van der Waals surface area (Å²) < 4.78 is 1.05. The Balaban J connectivity index is 1.55. The number of fused-ring (bicyclic) bond motifs is 2. The fraction of sp³-hybridized carbons (Fsp3) is 0.192. The highest BCUT2D eigenvalue weighted by Crippen LogP contribution is 2.31. The lowest BCUT2D eigenvalue weighted by Crippen LogP contribution is -2.26. The molecule has 0 spiro atoms. The lowest BCUT2D eigenvalue weighted by molar-refractivity contribution is 0.0987. The zero-order valence-corrected chi connectivity index (χ0v) is 18.2. The number of aryl methyl sites for hydroxylation is 3. The molecule has 0 saturated carbocycles. The summed E-state index contributed by atoms with van der Waals surface area (Å²) in [5.41, 5.74) is 6.28. The number of nitrogens with zero attached hydrogens (tertiary/aromatic N) is 3. The Kier molecular flexibility index (Phi) is 5.35. The summed E-state index contributed by atoms with van der Waals surface area (Å²) in [6, 6.07) is 22.0. The lowest BCUT2D eigenvalue weighted by Gasteiger charge is -2.18. The van der Waals surface area contributed by atoms with Crippen molar-refractivity contribution in [3.63, 3.8) is 0 Å². The van der Waals surface area contributed by atoms with Gasteiger partial charge in [-0.1, -0.05) is 53.8 Å². The molecule has 0 saturated heterocycles. The summed E-state index contributed by atoms with van der Waals surface area (Å²) in [4.78, 5) is 18.3. The number of hydrogen-bond acceptors (Lipinski definition) is 4. The minimum Gasteiger partial charge on any atom is -0.267 e. The Hall–Kier alpha value is -3.31. The van der Waals surface area contributed by atoms with Crippen LogP contribution in [0, 0.1) is 6.92 Å². The molecule has 0 radical (unpaired) electrons. The van der Waals surface area contributed by atoms with Crippen LogP contribution in [0.3, 0.4) is 0 Å². The molecular formula is C26H23N3OS. The van der Waals surface area contributed by atoms with E-state index < -0.39 is 0 Å². The SMILES string of the molecule is Cc1ccc2nc(N(/N=C/c3ccccc3)C(=O)c3ccc4c(c3)CCCC4)sc2c1. The Bertz CT molecular complexity index is 1280. The van der Waals surface area contributed by atoms with Gasteiger partial charge in [0.05, 0.1) is 16.4 Å². The van der Waals surface area contributed by atoms with E-state index in [0.717, 1.165) is 28.6 Å². The number of anilines is 1. The first-order valence-electron chi connectivity index (χ1n) is 10.6. The van der Waals surface area contributed by atoms with E-state index in [0.29, 0.717) is 10.7 Å². The first-order chi connectivity index (χ1) is 15.2. The van der Waals surface area contributed by atoms with Gasteiger partial charge in [0, 0.05) is 5.56 Å². The van der Waals surface area contributed by atoms with Crippen molar-refractivity contribution in [2.75, 3.05) is 5.01 Å². The molecule has 5 rings (SSSR count). The summed E-state index contributed by atoms with van der Waals surface area (Å²) in [7, 11) is 0. The molecule has 0 bridgehead atoms. The van der Waals surface area contributed by atoms with Crippen LogP contribution >= 0.6 is 11.3 Å². The van der Waals surface area contributed by atoms with Crippen LogP contribution in [0.25, 0.3) is 10.2 Å². The summed E-state index contributed by atoms with van der Waals surface area (Å²) in [6.45, 7) is 2.06. The van der Waals surface area contributed by atoms with Crippen LogP contribution in [0.2, 0.25) is 0 Å². The number of rotatable bonds is 4. The van der Waals surface area contributed by atoms with E-state index in [1.54, 1.807) is 6.21 Å². The van der Waals surface area contributed by atoms with Gasteiger partial charge in [-0.2, -0.15) is 10.1 Å². The number of benzene rings is 3. The van der Waals surface area contributed by atoms with Gasteiger partial charge in [0.25, 0.3) is 5.91 Å². The number of aromatic nitrogens is 1. The van der Waals surface area contributed by atoms with E-state index in [-0.39, 0.29) is 5.91 Å². The monoisotopic (exact) mass is 425 g/mol. The minimum absolute atomic E-state index is 0.156. The topological polar surface area (TPSA) is 45.6 Å². The van der Waals surface area contributed by atoms with Gasteiger partial charge < -0.3 is 0 Å². The summed E-state index contributed by atoms with van der Waals surface area (Å²) >= 11 is 1.49. The molecule has 0 atom stereocenters. The maximum Gasteiger partial charge on any atom is 0.280 e. The Morgan fingerprint density at radius 1 is 1.00 bits per heavy atom. The average Bonchev–Trinajstić information content (AvgIpc) is 3.22. The predicted molar refractivity (Wildman–Crippen MR) is 128 cm³/mol. The number of carbonyl (C=O) groups excluding carboxylic acids is 1. The number of carbonyl (C=O) groups is 1. The van der Waals surface area contributed by atoms with E-state index in [4.69, 9.17) is 4.98 Å².